The molecule has 0 spiro atoms. The van der Waals surface area contributed by atoms with Crippen molar-refractivity contribution >= 4 is 15.7 Å². The van der Waals surface area contributed by atoms with E-state index < -0.39 is 14.9 Å². The third-order valence-electron chi connectivity index (χ3n) is 3.00. The molecule has 0 unspecified atom stereocenters. The number of benzene rings is 1. The second kappa shape index (κ2) is 6.53. The van der Waals surface area contributed by atoms with E-state index in [2.05, 4.69) is 0 Å². The highest BCUT2D eigenvalue weighted by Crippen LogP contribution is 2.30. The van der Waals surface area contributed by atoms with Crippen LogP contribution in [-0.2, 0) is 22.9 Å². The standard InChI is InChI=1S/C14H22N2O4S/c1-9(2)5-11-7-13(16(17)18)12(6-10(3)4)14(8-11)21(15,19)20/h7-10H,5-6H2,1-4H3,(H2,15,19,20). The smallest absolute Gasteiger partial charge is 0.258 e. The molecule has 0 bridgehead atoms. The van der Waals surface area contributed by atoms with Gasteiger partial charge in [0.1, 0.15) is 0 Å². The fourth-order valence-electron chi connectivity index (χ4n) is 2.31. The summed E-state index contributed by atoms with van der Waals surface area (Å²) in [5, 5.41) is 16.5. The van der Waals surface area contributed by atoms with Crippen LogP contribution in [0.3, 0.4) is 0 Å². The molecule has 0 saturated carbocycles. The molecule has 6 nitrogen and oxygen atoms in total. The Morgan fingerprint density at radius 3 is 2.05 bits per heavy atom. The first-order valence-corrected chi connectivity index (χ1v) is 8.40. The monoisotopic (exact) mass is 314 g/mol. The minimum absolute atomic E-state index is 0.0835. The Balaban J connectivity index is 3.62. The van der Waals surface area contributed by atoms with Crippen LogP contribution in [0.1, 0.15) is 38.8 Å². The molecule has 0 aromatic heterocycles. The van der Waals surface area contributed by atoms with Crippen molar-refractivity contribution in [1.82, 2.24) is 0 Å². The van der Waals surface area contributed by atoms with E-state index in [1.54, 1.807) is 0 Å². The predicted octanol–water partition coefficient (Wildman–Crippen LogP) is 2.64. The maximum absolute atomic E-state index is 11.8. The van der Waals surface area contributed by atoms with Crippen molar-refractivity contribution in [2.24, 2.45) is 17.0 Å². The summed E-state index contributed by atoms with van der Waals surface area (Å²) in [6, 6.07) is 2.94. The van der Waals surface area contributed by atoms with E-state index in [4.69, 9.17) is 5.14 Å². The molecule has 0 aliphatic heterocycles. The first-order chi connectivity index (χ1) is 9.52. The summed E-state index contributed by atoms with van der Waals surface area (Å²) in [6.45, 7) is 7.67. The highest BCUT2D eigenvalue weighted by Gasteiger charge is 2.25. The summed E-state index contributed by atoms with van der Waals surface area (Å²) in [4.78, 5) is 10.6. The van der Waals surface area contributed by atoms with Crippen LogP contribution in [0.4, 0.5) is 5.69 Å². The van der Waals surface area contributed by atoms with Crippen molar-refractivity contribution < 1.29 is 13.3 Å². The molecule has 118 valence electrons. The Labute approximate surface area is 125 Å². The largest absolute Gasteiger partial charge is 0.274 e. The molecule has 0 fully saturated rings. The SMILES string of the molecule is CC(C)Cc1cc([N+](=O)[O-])c(CC(C)C)c(S(N)(=O)=O)c1. The van der Waals surface area contributed by atoms with Gasteiger partial charge in [-0.05, 0) is 36.3 Å². The van der Waals surface area contributed by atoms with E-state index in [-0.39, 0.29) is 28.0 Å². The molecule has 0 radical (unpaired) electrons. The van der Waals surface area contributed by atoms with Gasteiger partial charge in [0, 0.05) is 6.07 Å². The van der Waals surface area contributed by atoms with Crippen molar-refractivity contribution in [2.45, 2.75) is 45.4 Å². The Morgan fingerprint density at radius 2 is 1.67 bits per heavy atom. The third-order valence-corrected chi connectivity index (χ3v) is 3.98. The zero-order valence-electron chi connectivity index (χ0n) is 12.8. The Bertz CT molecular complexity index is 637. The quantitative estimate of drug-likeness (QED) is 0.643. The van der Waals surface area contributed by atoms with Crippen molar-refractivity contribution in [1.29, 1.82) is 0 Å². The maximum atomic E-state index is 11.8. The van der Waals surface area contributed by atoms with Gasteiger partial charge in [-0.25, -0.2) is 13.6 Å². The number of nitrogens with two attached hydrogens (primary N) is 1. The van der Waals surface area contributed by atoms with Gasteiger partial charge in [-0.3, -0.25) is 10.1 Å². The molecule has 1 aromatic carbocycles. The first kappa shape index (κ1) is 17.6. The third kappa shape index (κ3) is 4.78. The average Bonchev–Trinajstić information content (AvgIpc) is 2.27. The lowest BCUT2D eigenvalue weighted by molar-refractivity contribution is -0.385. The summed E-state index contributed by atoms with van der Waals surface area (Å²) < 4.78 is 23.6. The van der Waals surface area contributed by atoms with Gasteiger partial charge in [-0.2, -0.15) is 0 Å². The summed E-state index contributed by atoms with van der Waals surface area (Å²) in [7, 11) is -4.00. The minimum atomic E-state index is -4.00. The lowest BCUT2D eigenvalue weighted by Gasteiger charge is -2.14. The Kier molecular flexibility index (Phi) is 5.47. The van der Waals surface area contributed by atoms with Crippen LogP contribution in [0, 0.1) is 22.0 Å². The normalized spacial score (nSPS) is 12.1. The highest BCUT2D eigenvalue weighted by molar-refractivity contribution is 7.89. The molecular weight excluding hydrogens is 292 g/mol. The van der Waals surface area contributed by atoms with Crippen molar-refractivity contribution in [2.75, 3.05) is 0 Å². The molecule has 21 heavy (non-hydrogen) atoms. The van der Waals surface area contributed by atoms with Crippen LogP contribution in [0.15, 0.2) is 17.0 Å². The van der Waals surface area contributed by atoms with E-state index in [0.717, 1.165) is 0 Å². The number of nitro benzene ring substituents is 1. The lowest BCUT2D eigenvalue weighted by atomic mass is 9.96. The van der Waals surface area contributed by atoms with Crippen LogP contribution >= 0.6 is 0 Å². The molecule has 0 amide bonds. The van der Waals surface area contributed by atoms with Crippen molar-refractivity contribution in [3.05, 3.63) is 33.4 Å². The van der Waals surface area contributed by atoms with Crippen molar-refractivity contribution in [3.63, 3.8) is 0 Å². The zero-order chi connectivity index (χ0) is 16.4. The molecule has 0 heterocycles. The number of hydrogen-bond donors (Lipinski definition) is 1. The van der Waals surface area contributed by atoms with Crippen LogP contribution < -0.4 is 5.14 Å². The number of hydrogen-bond acceptors (Lipinski definition) is 4. The van der Waals surface area contributed by atoms with E-state index in [9.17, 15) is 18.5 Å². The van der Waals surface area contributed by atoms with Gasteiger partial charge in [-0.1, -0.05) is 27.7 Å². The summed E-state index contributed by atoms with van der Waals surface area (Å²) in [5.41, 5.74) is 0.657. The van der Waals surface area contributed by atoms with Crippen LogP contribution in [0.25, 0.3) is 0 Å². The molecule has 0 aliphatic rings. The molecule has 0 saturated heterocycles. The molecule has 1 rings (SSSR count). The number of nitrogens with zero attached hydrogens (tertiary/aromatic N) is 1. The maximum Gasteiger partial charge on any atom is 0.274 e. The zero-order valence-corrected chi connectivity index (χ0v) is 13.6. The van der Waals surface area contributed by atoms with Gasteiger partial charge in [0.2, 0.25) is 10.0 Å². The average molecular weight is 314 g/mol. The highest BCUT2D eigenvalue weighted by atomic mass is 32.2. The van der Waals surface area contributed by atoms with E-state index >= 15 is 0 Å². The molecule has 7 heteroatoms. The van der Waals surface area contributed by atoms with Gasteiger partial charge < -0.3 is 0 Å². The number of primary sulfonamides is 1. The summed E-state index contributed by atoms with van der Waals surface area (Å²) in [5.74, 6) is 0.342. The van der Waals surface area contributed by atoms with Crippen LogP contribution in [-0.4, -0.2) is 13.3 Å². The van der Waals surface area contributed by atoms with Gasteiger partial charge >= 0.3 is 0 Å². The number of nitro groups is 1. The van der Waals surface area contributed by atoms with Crippen molar-refractivity contribution in [3.8, 4) is 0 Å². The minimum Gasteiger partial charge on any atom is -0.258 e. The predicted molar refractivity (Wildman–Crippen MR) is 81.6 cm³/mol. The van der Waals surface area contributed by atoms with E-state index in [0.29, 0.717) is 18.4 Å². The Morgan fingerprint density at radius 1 is 1.14 bits per heavy atom. The van der Waals surface area contributed by atoms with Crippen LogP contribution in [0.5, 0.6) is 0 Å². The van der Waals surface area contributed by atoms with Gasteiger partial charge in [0.25, 0.3) is 5.69 Å². The van der Waals surface area contributed by atoms with Gasteiger partial charge in [0.05, 0.1) is 15.4 Å². The molecular formula is C14H22N2O4S. The molecule has 1 aromatic rings. The molecule has 0 aliphatic carbocycles. The van der Waals surface area contributed by atoms with Gasteiger partial charge in [-0.15, -0.1) is 0 Å². The second-order valence-corrected chi connectivity index (χ2v) is 7.62. The van der Waals surface area contributed by atoms with Gasteiger partial charge in [0.15, 0.2) is 0 Å². The first-order valence-electron chi connectivity index (χ1n) is 6.85. The number of rotatable bonds is 6. The Hall–Kier alpha value is -1.47. The molecule has 2 N–H and O–H groups in total. The summed E-state index contributed by atoms with van der Waals surface area (Å²) >= 11 is 0. The second-order valence-electron chi connectivity index (χ2n) is 6.09. The van der Waals surface area contributed by atoms with E-state index in [1.807, 2.05) is 27.7 Å². The molecule has 0 atom stereocenters. The van der Waals surface area contributed by atoms with E-state index in [1.165, 1.54) is 12.1 Å². The van der Waals surface area contributed by atoms with Crippen LogP contribution in [0.2, 0.25) is 0 Å². The number of sulfonamides is 1. The lowest BCUT2D eigenvalue weighted by Crippen LogP contribution is -2.17. The topological polar surface area (TPSA) is 103 Å². The fourth-order valence-corrected chi connectivity index (χ4v) is 3.15. The fraction of sp³-hybridized carbons (Fsp3) is 0.571. The summed E-state index contributed by atoms with van der Waals surface area (Å²) in [6.07, 6.45) is 0.857.